The summed E-state index contributed by atoms with van der Waals surface area (Å²) in [4.78, 5) is 0. The van der Waals surface area contributed by atoms with Gasteiger partial charge in [-0.15, -0.1) is 0 Å². The lowest BCUT2D eigenvalue weighted by Crippen LogP contribution is -1.93. The van der Waals surface area contributed by atoms with Crippen LogP contribution >= 0.6 is 0 Å². The highest BCUT2D eigenvalue weighted by atomic mass is 16.3. The Hall–Kier alpha value is -1.76. The van der Waals surface area contributed by atoms with E-state index in [9.17, 15) is 5.11 Å². The van der Waals surface area contributed by atoms with Gasteiger partial charge in [-0.2, -0.15) is 0 Å². The van der Waals surface area contributed by atoms with Gasteiger partial charge >= 0.3 is 0 Å². The van der Waals surface area contributed by atoms with Gasteiger partial charge in [0, 0.05) is 6.42 Å². The zero-order chi connectivity index (χ0) is 11.0. The van der Waals surface area contributed by atoms with Crippen molar-refractivity contribution in [1.29, 1.82) is 0 Å². The number of rotatable bonds is 1. The maximum absolute atomic E-state index is 9.60. The third-order valence-corrected chi connectivity index (χ3v) is 3.24. The summed E-state index contributed by atoms with van der Waals surface area (Å²) >= 11 is 0. The Kier molecular flexibility index (Phi) is 2.17. The molecule has 16 heavy (non-hydrogen) atoms. The molecule has 0 unspecified atom stereocenters. The highest BCUT2D eigenvalue weighted by Gasteiger charge is 2.16. The van der Waals surface area contributed by atoms with E-state index in [1.807, 2.05) is 6.08 Å². The number of hydrogen-bond acceptors (Lipinski definition) is 1. The Morgan fingerprint density at radius 1 is 1.19 bits per heavy atom. The van der Waals surface area contributed by atoms with Gasteiger partial charge in [-0.05, 0) is 41.2 Å². The van der Waals surface area contributed by atoms with Gasteiger partial charge < -0.3 is 5.11 Å². The lowest BCUT2D eigenvalue weighted by molar-refractivity contribution is 0.408. The molecule has 1 nitrogen and oxygen atoms in total. The average Bonchev–Trinajstić information content (AvgIpc) is 2.70. The van der Waals surface area contributed by atoms with Gasteiger partial charge in [-0.25, -0.2) is 0 Å². The first-order chi connectivity index (χ1) is 7.84. The topological polar surface area (TPSA) is 20.2 Å². The number of allylic oxidation sites excluding steroid dienone is 5. The molecule has 2 aliphatic rings. The van der Waals surface area contributed by atoms with Crippen molar-refractivity contribution in [3.63, 3.8) is 0 Å². The predicted molar refractivity (Wildman–Crippen MR) is 67.1 cm³/mol. The SMILES string of the molecule is OC1=Cc2c(cccc2C2=CC=CCC2)C1. The average molecular weight is 210 g/mol. The van der Waals surface area contributed by atoms with Gasteiger partial charge in [-0.1, -0.05) is 36.4 Å². The van der Waals surface area contributed by atoms with Crippen molar-refractivity contribution in [2.75, 3.05) is 0 Å². The van der Waals surface area contributed by atoms with E-state index in [0.29, 0.717) is 12.2 Å². The largest absolute Gasteiger partial charge is 0.512 e. The summed E-state index contributed by atoms with van der Waals surface area (Å²) in [6, 6.07) is 6.33. The Balaban J connectivity index is 2.12. The molecule has 0 saturated carbocycles. The molecule has 2 aliphatic carbocycles. The number of benzene rings is 1. The van der Waals surface area contributed by atoms with Crippen LogP contribution in [0, 0.1) is 0 Å². The molecule has 1 aromatic carbocycles. The normalized spacial score (nSPS) is 18.0. The summed E-state index contributed by atoms with van der Waals surface area (Å²) in [5.74, 6) is 0.481. The molecule has 1 N–H and O–H groups in total. The molecule has 0 bridgehead atoms. The number of hydrogen-bond donors (Lipinski definition) is 1. The molecule has 0 atom stereocenters. The summed E-state index contributed by atoms with van der Waals surface area (Å²) in [6.45, 7) is 0. The third kappa shape index (κ3) is 1.49. The fraction of sp³-hybridized carbons (Fsp3) is 0.200. The van der Waals surface area contributed by atoms with Crippen LogP contribution in [0.2, 0.25) is 0 Å². The van der Waals surface area contributed by atoms with E-state index in [2.05, 4.69) is 36.4 Å². The second-order valence-corrected chi connectivity index (χ2v) is 4.35. The molecular weight excluding hydrogens is 196 g/mol. The standard InChI is InChI=1S/C15H14O/c16-13-9-12-7-4-8-14(15(12)10-13)11-5-2-1-3-6-11/h1-2,4-5,7-8,10,16H,3,6,9H2. The van der Waals surface area contributed by atoms with Crippen LogP contribution in [0.25, 0.3) is 11.6 Å². The minimum Gasteiger partial charge on any atom is -0.512 e. The van der Waals surface area contributed by atoms with Crippen molar-refractivity contribution < 1.29 is 5.11 Å². The molecule has 0 spiro atoms. The van der Waals surface area contributed by atoms with Gasteiger partial charge in [0.2, 0.25) is 0 Å². The van der Waals surface area contributed by atoms with Crippen molar-refractivity contribution >= 4 is 11.6 Å². The minimum absolute atomic E-state index is 0.481. The van der Waals surface area contributed by atoms with Gasteiger partial charge in [0.1, 0.15) is 0 Å². The second-order valence-electron chi connectivity index (χ2n) is 4.35. The molecule has 0 heterocycles. The van der Waals surface area contributed by atoms with Crippen molar-refractivity contribution in [2.45, 2.75) is 19.3 Å². The third-order valence-electron chi connectivity index (χ3n) is 3.24. The summed E-state index contributed by atoms with van der Waals surface area (Å²) in [6.07, 6.45) is 11.3. The van der Waals surface area contributed by atoms with E-state index >= 15 is 0 Å². The van der Waals surface area contributed by atoms with Crippen molar-refractivity contribution in [2.24, 2.45) is 0 Å². The zero-order valence-electron chi connectivity index (χ0n) is 9.11. The van der Waals surface area contributed by atoms with Gasteiger partial charge in [0.25, 0.3) is 0 Å². The molecule has 80 valence electrons. The Morgan fingerprint density at radius 2 is 2.12 bits per heavy atom. The first kappa shape index (κ1) is 9.46. The zero-order valence-corrected chi connectivity index (χ0v) is 9.11. The summed E-state index contributed by atoms with van der Waals surface area (Å²) in [7, 11) is 0. The minimum atomic E-state index is 0.481. The van der Waals surface area contributed by atoms with Crippen LogP contribution in [0.3, 0.4) is 0 Å². The van der Waals surface area contributed by atoms with E-state index in [1.165, 1.54) is 22.3 Å². The molecular formula is C15H14O. The Labute approximate surface area is 95.4 Å². The molecule has 1 heteroatoms. The van der Waals surface area contributed by atoms with Crippen LogP contribution in [0.1, 0.15) is 29.5 Å². The fourth-order valence-electron chi connectivity index (χ4n) is 2.46. The molecule has 0 radical (unpaired) electrons. The van der Waals surface area contributed by atoms with E-state index in [1.54, 1.807) is 0 Å². The maximum Gasteiger partial charge on any atom is 0.0972 e. The van der Waals surface area contributed by atoms with E-state index in [4.69, 9.17) is 0 Å². The lowest BCUT2D eigenvalue weighted by atomic mass is 9.92. The highest BCUT2D eigenvalue weighted by molar-refractivity contribution is 5.79. The quantitative estimate of drug-likeness (QED) is 0.745. The van der Waals surface area contributed by atoms with E-state index in [-0.39, 0.29) is 0 Å². The molecule has 0 saturated heterocycles. The van der Waals surface area contributed by atoms with Crippen LogP contribution in [-0.2, 0) is 6.42 Å². The highest BCUT2D eigenvalue weighted by Crippen LogP contribution is 2.33. The molecule has 1 aromatic rings. The van der Waals surface area contributed by atoms with Gasteiger partial charge in [0.05, 0.1) is 5.76 Å². The number of fused-ring (bicyclic) bond motifs is 1. The number of aliphatic hydroxyl groups is 1. The first-order valence-corrected chi connectivity index (χ1v) is 5.72. The maximum atomic E-state index is 9.60. The summed E-state index contributed by atoms with van der Waals surface area (Å²) in [5, 5.41) is 9.60. The van der Waals surface area contributed by atoms with E-state index in [0.717, 1.165) is 12.8 Å². The Morgan fingerprint density at radius 3 is 2.94 bits per heavy atom. The summed E-state index contributed by atoms with van der Waals surface area (Å²) in [5.41, 5.74) is 5.11. The predicted octanol–water partition coefficient (Wildman–Crippen LogP) is 3.88. The first-order valence-electron chi connectivity index (χ1n) is 5.72. The van der Waals surface area contributed by atoms with Crippen LogP contribution < -0.4 is 0 Å². The second kappa shape index (κ2) is 3.67. The van der Waals surface area contributed by atoms with Gasteiger partial charge in [0.15, 0.2) is 0 Å². The fourth-order valence-corrected chi connectivity index (χ4v) is 2.46. The molecule has 3 rings (SSSR count). The van der Waals surface area contributed by atoms with Crippen LogP contribution in [0.4, 0.5) is 0 Å². The van der Waals surface area contributed by atoms with Crippen LogP contribution in [0.15, 0.2) is 42.2 Å². The molecule has 0 aromatic heterocycles. The smallest absolute Gasteiger partial charge is 0.0972 e. The van der Waals surface area contributed by atoms with Crippen LogP contribution in [-0.4, -0.2) is 5.11 Å². The molecule has 0 amide bonds. The van der Waals surface area contributed by atoms with Crippen molar-refractivity contribution in [3.8, 4) is 0 Å². The van der Waals surface area contributed by atoms with Gasteiger partial charge in [-0.3, -0.25) is 0 Å². The number of aliphatic hydroxyl groups excluding tert-OH is 1. The molecule has 0 fully saturated rings. The van der Waals surface area contributed by atoms with Crippen molar-refractivity contribution in [3.05, 3.63) is 58.9 Å². The monoisotopic (exact) mass is 210 g/mol. The van der Waals surface area contributed by atoms with Crippen molar-refractivity contribution in [1.82, 2.24) is 0 Å². The Bertz CT molecular complexity index is 518. The van der Waals surface area contributed by atoms with Crippen LogP contribution in [0.5, 0.6) is 0 Å². The molecule has 0 aliphatic heterocycles. The summed E-state index contributed by atoms with van der Waals surface area (Å²) < 4.78 is 0. The lowest BCUT2D eigenvalue weighted by Gasteiger charge is -2.12. The van der Waals surface area contributed by atoms with E-state index < -0.39 is 0 Å².